The minimum atomic E-state index is 0.0417. The molecule has 0 radical (unpaired) electrons. The monoisotopic (exact) mass is 343 g/mol. The lowest BCUT2D eigenvalue weighted by molar-refractivity contribution is -0.124. The van der Waals surface area contributed by atoms with Gasteiger partial charge >= 0.3 is 0 Å². The molecule has 0 spiro atoms. The Hall–Kier alpha value is -1.75. The van der Waals surface area contributed by atoms with Crippen molar-refractivity contribution in [3.63, 3.8) is 0 Å². The first kappa shape index (κ1) is 17.1. The van der Waals surface area contributed by atoms with Crippen LogP contribution in [0.4, 0.5) is 0 Å². The summed E-state index contributed by atoms with van der Waals surface area (Å²) in [6.45, 7) is 4.83. The lowest BCUT2D eigenvalue weighted by Crippen LogP contribution is -2.44. The normalized spacial score (nSPS) is 21.8. The average Bonchev–Trinajstić information content (AvgIpc) is 2.58. The van der Waals surface area contributed by atoms with Crippen LogP contribution in [0.1, 0.15) is 44.6 Å². The van der Waals surface area contributed by atoms with E-state index in [1.807, 2.05) is 11.5 Å². The van der Waals surface area contributed by atoms with E-state index in [4.69, 9.17) is 0 Å². The second-order valence-corrected chi connectivity index (χ2v) is 8.29. The second-order valence-electron chi connectivity index (χ2n) is 6.71. The molecule has 0 saturated heterocycles. The molecule has 1 heterocycles. The first-order valence-electron chi connectivity index (χ1n) is 8.57. The number of allylic oxidation sites excluding steroid dienone is 1. The Balaban J connectivity index is 1.76. The lowest BCUT2D eigenvalue weighted by Gasteiger charge is -2.33. The Labute approximate surface area is 148 Å². The first-order chi connectivity index (χ1) is 11.5. The van der Waals surface area contributed by atoms with Gasteiger partial charge in [-0.1, -0.05) is 50.3 Å². The van der Waals surface area contributed by atoms with E-state index in [0.29, 0.717) is 23.5 Å². The largest absolute Gasteiger partial charge is 0.320 e. The molecule has 2 aliphatic rings. The van der Waals surface area contributed by atoms with Gasteiger partial charge in [0.05, 0.1) is 0 Å². The Kier molecular flexibility index (Phi) is 5.29. The van der Waals surface area contributed by atoms with Crippen LogP contribution in [0, 0.1) is 0 Å². The van der Waals surface area contributed by atoms with Gasteiger partial charge in [-0.2, -0.15) is 5.10 Å². The summed E-state index contributed by atoms with van der Waals surface area (Å²) in [4.78, 5) is 14.3. The molecule has 24 heavy (non-hydrogen) atoms. The highest BCUT2D eigenvalue weighted by Crippen LogP contribution is 2.33. The standard InChI is InChI=1S/C19H25N3OS/c1-14(2)24-22-13-21(3)19(23)18(20-22)17-11-9-16(10-12-17)15-7-5-4-6-8-15/h4-8,11,14,16H,9-10,12-13H2,1-3H3. The van der Waals surface area contributed by atoms with Crippen LogP contribution in [-0.4, -0.2) is 39.9 Å². The van der Waals surface area contributed by atoms with Crippen molar-refractivity contribution in [3.8, 4) is 0 Å². The van der Waals surface area contributed by atoms with Gasteiger partial charge < -0.3 is 4.90 Å². The number of hydrogen-bond donors (Lipinski definition) is 0. The quantitative estimate of drug-likeness (QED) is 0.775. The molecule has 5 heteroatoms. The lowest BCUT2D eigenvalue weighted by atomic mass is 9.83. The molecular formula is C19H25N3OS. The molecule has 1 aliphatic carbocycles. The fourth-order valence-corrected chi connectivity index (χ4v) is 4.05. The van der Waals surface area contributed by atoms with E-state index in [0.717, 1.165) is 24.8 Å². The van der Waals surface area contributed by atoms with Gasteiger partial charge in [0.25, 0.3) is 5.91 Å². The van der Waals surface area contributed by atoms with Gasteiger partial charge in [0, 0.05) is 12.3 Å². The Morgan fingerprint density at radius 3 is 2.62 bits per heavy atom. The van der Waals surface area contributed by atoms with Crippen LogP contribution in [0.15, 0.2) is 47.1 Å². The van der Waals surface area contributed by atoms with Crippen molar-refractivity contribution in [2.75, 3.05) is 13.7 Å². The number of hydrogen-bond acceptors (Lipinski definition) is 4. The predicted octanol–water partition coefficient (Wildman–Crippen LogP) is 4.02. The predicted molar refractivity (Wildman–Crippen MR) is 101 cm³/mol. The van der Waals surface area contributed by atoms with Gasteiger partial charge in [-0.3, -0.25) is 4.79 Å². The highest BCUT2D eigenvalue weighted by molar-refractivity contribution is 7.97. The van der Waals surface area contributed by atoms with Crippen LogP contribution in [0.3, 0.4) is 0 Å². The van der Waals surface area contributed by atoms with E-state index < -0.39 is 0 Å². The highest BCUT2D eigenvalue weighted by Gasteiger charge is 2.30. The third-order valence-corrected chi connectivity index (χ3v) is 5.27. The zero-order valence-electron chi connectivity index (χ0n) is 14.6. The molecule has 4 nitrogen and oxygen atoms in total. The fourth-order valence-electron chi connectivity index (χ4n) is 3.19. The van der Waals surface area contributed by atoms with Crippen molar-refractivity contribution in [1.29, 1.82) is 0 Å². The summed E-state index contributed by atoms with van der Waals surface area (Å²) in [5.74, 6) is 0.591. The van der Waals surface area contributed by atoms with Crippen LogP contribution < -0.4 is 0 Å². The van der Waals surface area contributed by atoms with E-state index in [1.165, 1.54) is 5.56 Å². The number of carbonyl (C=O) groups is 1. The Morgan fingerprint density at radius 2 is 2.00 bits per heavy atom. The molecule has 0 N–H and O–H groups in total. The van der Waals surface area contributed by atoms with Crippen LogP contribution in [0.2, 0.25) is 0 Å². The average molecular weight is 343 g/mol. The molecule has 1 aromatic rings. The van der Waals surface area contributed by atoms with Gasteiger partial charge in [0.1, 0.15) is 6.67 Å². The third-order valence-electron chi connectivity index (χ3n) is 4.41. The van der Waals surface area contributed by atoms with Crippen molar-refractivity contribution in [2.45, 2.75) is 44.3 Å². The van der Waals surface area contributed by atoms with E-state index >= 15 is 0 Å². The van der Waals surface area contributed by atoms with Gasteiger partial charge in [-0.05, 0) is 48.3 Å². The number of benzene rings is 1. The Morgan fingerprint density at radius 1 is 1.25 bits per heavy atom. The van der Waals surface area contributed by atoms with Crippen LogP contribution in [0.25, 0.3) is 0 Å². The molecule has 3 rings (SSSR count). The zero-order chi connectivity index (χ0) is 17.1. The summed E-state index contributed by atoms with van der Waals surface area (Å²) in [6.07, 6.45) is 5.18. The van der Waals surface area contributed by atoms with Crippen molar-refractivity contribution in [3.05, 3.63) is 47.5 Å². The minimum absolute atomic E-state index is 0.0417. The van der Waals surface area contributed by atoms with Crippen LogP contribution >= 0.6 is 11.9 Å². The molecule has 1 atom stereocenters. The molecule has 128 valence electrons. The number of rotatable bonds is 4. The Bertz CT molecular complexity index is 654. The number of amides is 1. The maximum Gasteiger partial charge on any atom is 0.275 e. The second kappa shape index (κ2) is 7.43. The molecular weight excluding hydrogens is 318 g/mol. The summed E-state index contributed by atoms with van der Waals surface area (Å²) in [5.41, 5.74) is 3.12. The van der Waals surface area contributed by atoms with Crippen LogP contribution in [0.5, 0.6) is 0 Å². The summed E-state index contributed by atoms with van der Waals surface area (Å²) in [7, 11) is 1.85. The van der Waals surface area contributed by atoms with Crippen molar-refractivity contribution < 1.29 is 4.79 Å². The molecule has 0 bridgehead atoms. The van der Waals surface area contributed by atoms with E-state index in [9.17, 15) is 4.79 Å². The molecule has 0 saturated carbocycles. The molecule has 1 unspecified atom stereocenters. The van der Waals surface area contributed by atoms with Gasteiger partial charge in [0.15, 0.2) is 5.71 Å². The molecule has 0 aromatic heterocycles. The van der Waals surface area contributed by atoms with E-state index in [2.05, 4.69) is 55.4 Å². The maximum atomic E-state index is 12.5. The minimum Gasteiger partial charge on any atom is -0.320 e. The molecule has 1 aliphatic heterocycles. The summed E-state index contributed by atoms with van der Waals surface area (Å²) in [5, 5.41) is 5.07. The van der Waals surface area contributed by atoms with E-state index in [1.54, 1.807) is 16.8 Å². The zero-order valence-corrected chi connectivity index (χ0v) is 15.4. The number of carbonyl (C=O) groups excluding carboxylic acids is 1. The van der Waals surface area contributed by atoms with Gasteiger partial charge in [-0.15, -0.1) is 0 Å². The number of nitrogens with zero attached hydrogens (tertiary/aromatic N) is 3. The van der Waals surface area contributed by atoms with E-state index in [-0.39, 0.29) is 5.91 Å². The summed E-state index contributed by atoms with van der Waals surface area (Å²) in [6, 6.07) is 10.6. The van der Waals surface area contributed by atoms with Gasteiger partial charge in [-0.25, -0.2) is 4.41 Å². The topological polar surface area (TPSA) is 35.9 Å². The molecule has 0 fully saturated rings. The fraction of sp³-hybridized carbons (Fsp3) is 0.474. The first-order valence-corrected chi connectivity index (χ1v) is 9.41. The van der Waals surface area contributed by atoms with Gasteiger partial charge in [0.2, 0.25) is 0 Å². The SMILES string of the molecule is CC(C)SN1CN(C)C(=O)C(C2=CCC(c3ccccc3)CC2)=N1. The van der Waals surface area contributed by atoms with Crippen LogP contribution in [-0.2, 0) is 4.79 Å². The smallest absolute Gasteiger partial charge is 0.275 e. The maximum absolute atomic E-state index is 12.5. The van der Waals surface area contributed by atoms with Crippen molar-refractivity contribution >= 4 is 23.6 Å². The van der Waals surface area contributed by atoms with Crippen molar-refractivity contribution in [1.82, 2.24) is 9.31 Å². The van der Waals surface area contributed by atoms with Crippen molar-refractivity contribution in [2.24, 2.45) is 5.10 Å². The summed E-state index contributed by atoms with van der Waals surface area (Å²) < 4.78 is 1.94. The molecule has 1 amide bonds. The third kappa shape index (κ3) is 3.83. The molecule has 1 aromatic carbocycles. The summed E-state index contributed by atoms with van der Waals surface area (Å²) >= 11 is 1.67. The number of hydrazone groups is 1. The highest BCUT2D eigenvalue weighted by atomic mass is 32.2.